The lowest BCUT2D eigenvalue weighted by atomic mass is 10.2. The highest BCUT2D eigenvalue weighted by atomic mass is 35.5. The Morgan fingerprint density at radius 1 is 1.14 bits per heavy atom. The zero-order valence-electron chi connectivity index (χ0n) is 10.8. The van der Waals surface area contributed by atoms with Crippen molar-refractivity contribution < 1.29 is 4.39 Å². The largest absolute Gasteiger partial charge is 0.296 e. The maximum atomic E-state index is 13.6. The fraction of sp³-hybridized carbons (Fsp3) is 0.133. The van der Waals surface area contributed by atoms with E-state index in [4.69, 9.17) is 34.8 Å². The number of fused-ring (bicyclic) bond motifs is 1. The second-order valence-corrected chi connectivity index (χ2v) is 5.76. The third-order valence-electron chi connectivity index (χ3n) is 3.13. The van der Waals surface area contributed by atoms with Crippen LogP contribution in [0.3, 0.4) is 0 Å². The van der Waals surface area contributed by atoms with Crippen molar-refractivity contribution in [2.45, 2.75) is 6.42 Å². The van der Waals surface area contributed by atoms with Crippen LogP contribution in [-0.2, 0) is 6.42 Å². The number of benzene rings is 2. The van der Waals surface area contributed by atoms with Crippen molar-refractivity contribution in [3.05, 3.63) is 58.1 Å². The summed E-state index contributed by atoms with van der Waals surface area (Å²) in [5, 5.41) is 0.871. The maximum absolute atomic E-state index is 13.6. The molecule has 6 heteroatoms. The molecular weight excluding hydrogens is 334 g/mol. The summed E-state index contributed by atoms with van der Waals surface area (Å²) in [5.74, 6) is 0.720. The molecule has 0 aliphatic rings. The first-order valence-electron chi connectivity index (χ1n) is 6.28. The Kier molecular flexibility index (Phi) is 4.07. The monoisotopic (exact) mass is 342 g/mol. The van der Waals surface area contributed by atoms with Gasteiger partial charge in [-0.15, -0.1) is 11.6 Å². The van der Waals surface area contributed by atoms with Crippen LogP contribution in [0.5, 0.6) is 0 Å². The van der Waals surface area contributed by atoms with Crippen molar-refractivity contribution in [1.29, 1.82) is 0 Å². The Hall–Kier alpha value is -1.29. The molecule has 0 N–H and O–H groups in total. The number of hydrogen-bond acceptors (Lipinski definition) is 1. The van der Waals surface area contributed by atoms with E-state index in [2.05, 4.69) is 4.98 Å². The molecule has 21 heavy (non-hydrogen) atoms. The Morgan fingerprint density at radius 3 is 2.67 bits per heavy atom. The van der Waals surface area contributed by atoms with Gasteiger partial charge in [-0.25, -0.2) is 9.37 Å². The number of alkyl halides is 1. The van der Waals surface area contributed by atoms with Crippen LogP contribution in [0.25, 0.3) is 16.7 Å². The SMILES string of the molecule is Fc1cc(Cl)cc(-n2c(CCCl)nc3c(Cl)cccc32)c1. The van der Waals surface area contributed by atoms with E-state index in [0.717, 1.165) is 11.3 Å². The van der Waals surface area contributed by atoms with Crippen LogP contribution >= 0.6 is 34.8 Å². The number of halogens is 4. The summed E-state index contributed by atoms with van der Waals surface area (Å²) in [6, 6.07) is 9.83. The van der Waals surface area contributed by atoms with Gasteiger partial charge in [0, 0.05) is 17.3 Å². The first-order chi connectivity index (χ1) is 10.1. The van der Waals surface area contributed by atoms with Gasteiger partial charge >= 0.3 is 0 Å². The van der Waals surface area contributed by atoms with Crippen LogP contribution in [0, 0.1) is 5.82 Å². The first-order valence-corrected chi connectivity index (χ1v) is 7.57. The molecule has 2 nitrogen and oxygen atoms in total. The van der Waals surface area contributed by atoms with E-state index in [9.17, 15) is 4.39 Å². The molecule has 0 saturated heterocycles. The van der Waals surface area contributed by atoms with Gasteiger partial charge in [0.25, 0.3) is 0 Å². The van der Waals surface area contributed by atoms with Gasteiger partial charge < -0.3 is 0 Å². The molecule has 0 fully saturated rings. The van der Waals surface area contributed by atoms with Crippen molar-refractivity contribution in [3.8, 4) is 5.69 Å². The molecule has 0 aliphatic carbocycles. The Labute approximate surface area is 136 Å². The van der Waals surface area contributed by atoms with Gasteiger partial charge in [-0.2, -0.15) is 0 Å². The third kappa shape index (κ3) is 2.73. The molecule has 0 radical (unpaired) electrons. The molecule has 3 aromatic rings. The topological polar surface area (TPSA) is 17.8 Å². The minimum Gasteiger partial charge on any atom is -0.296 e. The number of aryl methyl sites for hydroxylation is 1. The molecule has 0 amide bonds. The van der Waals surface area contributed by atoms with Gasteiger partial charge in [0.05, 0.1) is 16.2 Å². The number of hydrogen-bond donors (Lipinski definition) is 0. The smallest absolute Gasteiger partial charge is 0.126 e. The van der Waals surface area contributed by atoms with E-state index in [-0.39, 0.29) is 0 Å². The highest BCUT2D eigenvalue weighted by Gasteiger charge is 2.15. The molecule has 0 saturated carbocycles. The summed E-state index contributed by atoms with van der Waals surface area (Å²) in [4.78, 5) is 4.52. The van der Waals surface area contributed by atoms with Gasteiger partial charge in [-0.3, -0.25) is 4.57 Å². The summed E-state index contributed by atoms with van der Waals surface area (Å²) >= 11 is 18.0. The average molecular weight is 344 g/mol. The summed E-state index contributed by atoms with van der Waals surface area (Å²) in [5.41, 5.74) is 2.06. The zero-order chi connectivity index (χ0) is 15.0. The first kappa shape index (κ1) is 14.6. The van der Waals surface area contributed by atoms with Crippen LogP contribution in [0.1, 0.15) is 5.82 Å². The van der Waals surface area contributed by atoms with E-state index in [1.807, 2.05) is 16.7 Å². The van der Waals surface area contributed by atoms with Crippen LogP contribution in [0.4, 0.5) is 4.39 Å². The highest BCUT2D eigenvalue weighted by molar-refractivity contribution is 6.35. The average Bonchev–Trinajstić information content (AvgIpc) is 2.78. The summed E-state index contributed by atoms with van der Waals surface area (Å²) in [6.07, 6.45) is 0.542. The minimum atomic E-state index is -0.404. The Morgan fingerprint density at radius 2 is 1.95 bits per heavy atom. The van der Waals surface area contributed by atoms with E-state index >= 15 is 0 Å². The molecule has 108 valence electrons. The number of aromatic nitrogens is 2. The van der Waals surface area contributed by atoms with Crippen LogP contribution in [-0.4, -0.2) is 15.4 Å². The molecule has 1 heterocycles. The van der Waals surface area contributed by atoms with E-state index in [1.54, 1.807) is 12.1 Å². The predicted octanol–water partition coefficient (Wildman–Crippen LogP) is 5.25. The fourth-order valence-corrected chi connectivity index (χ4v) is 2.92. The second kappa shape index (κ2) is 5.84. The molecule has 3 rings (SSSR count). The molecule has 0 spiro atoms. The molecule has 0 aliphatic heterocycles. The lowest BCUT2D eigenvalue weighted by Crippen LogP contribution is -2.02. The second-order valence-electron chi connectivity index (χ2n) is 4.54. The summed E-state index contributed by atoms with van der Waals surface area (Å²) < 4.78 is 15.5. The Balaban J connectivity index is 2.33. The van der Waals surface area contributed by atoms with Gasteiger partial charge in [0.2, 0.25) is 0 Å². The summed E-state index contributed by atoms with van der Waals surface area (Å²) in [7, 11) is 0. The molecule has 0 bridgehead atoms. The van der Waals surface area contributed by atoms with Crippen molar-refractivity contribution >= 4 is 45.8 Å². The molecule has 0 unspecified atom stereocenters. The third-order valence-corrected chi connectivity index (χ3v) is 3.84. The number of para-hydroxylation sites is 1. The minimum absolute atomic E-state index is 0.325. The van der Waals surface area contributed by atoms with Crippen LogP contribution < -0.4 is 0 Å². The lowest BCUT2D eigenvalue weighted by Gasteiger charge is -2.09. The molecular formula is C15H10Cl3FN2. The predicted molar refractivity (Wildman–Crippen MR) is 85.5 cm³/mol. The van der Waals surface area contributed by atoms with Gasteiger partial charge in [0.1, 0.15) is 17.2 Å². The van der Waals surface area contributed by atoms with E-state index in [0.29, 0.717) is 33.6 Å². The van der Waals surface area contributed by atoms with Crippen molar-refractivity contribution in [2.75, 3.05) is 5.88 Å². The maximum Gasteiger partial charge on any atom is 0.126 e. The van der Waals surface area contributed by atoms with Gasteiger partial charge in [-0.05, 0) is 30.3 Å². The number of imidazole rings is 1. The van der Waals surface area contributed by atoms with Crippen molar-refractivity contribution in [1.82, 2.24) is 9.55 Å². The standard InChI is InChI=1S/C15H10Cl3FN2/c16-5-4-14-20-15-12(18)2-1-3-13(15)21(14)11-7-9(17)6-10(19)8-11/h1-3,6-8H,4-5H2. The number of nitrogens with zero attached hydrogens (tertiary/aromatic N) is 2. The van der Waals surface area contributed by atoms with E-state index in [1.165, 1.54) is 12.1 Å². The lowest BCUT2D eigenvalue weighted by molar-refractivity contribution is 0.626. The Bertz CT molecular complexity index is 794. The molecule has 0 atom stereocenters. The van der Waals surface area contributed by atoms with Crippen molar-refractivity contribution in [2.24, 2.45) is 0 Å². The van der Waals surface area contributed by atoms with Crippen LogP contribution in [0.2, 0.25) is 10.0 Å². The zero-order valence-corrected chi connectivity index (χ0v) is 13.1. The molecule has 1 aromatic heterocycles. The van der Waals surface area contributed by atoms with Crippen molar-refractivity contribution in [3.63, 3.8) is 0 Å². The van der Waals surface area contributed by atoms with E-state index < -0.39 is 5.82 Å². The summed E-state index contributed by atoms with van der Waals surface area (Å²) in [6.45, 7) is 0. The quantitative estimate of drug-likeness (QED) is 0.594. The fourth-order valence-electron chi connectivity index (χ4n) is 2.32. The highest BCUT2D eigenvalue weighted by Crippen LogP contribution is 2.28. The van der Waals surface area contributed by atoms with Gasteiger partial charge in [0.15, 0.2) is 0 Å². The van der Waals surface area contributed by atoms with Crippen LogP contribution in [0.15, 0.2) is 36.4 Å². The number of rotatable bonds is 3. The van der Waals surface area contributed by atoms with Gasteiger partial charge in [-0.1, -0.05) is 29.3 Å². The molecule has 2 aromatic carbocycles. The normalized spacial score (nSPS) is 11.2.